The summed E-state index contributed by atoms with van der Waals surface area (Å²) in [4.78, 5) is 28.2. The lowest BCUT2D eigenvalue weighted by Gasteiger charge is -2.56. The highest BCUT2D eigenvalue weighted by atomic mass is 16.7. The third kappa shape index (κ3) is 2.25. The fraction of sp³-hybridized carbons (Fsp3) is 0.476. The Morgan fingerprint density at radius 3 is 2.52 bits per heavy atom. The van der Waals surface area contributed by atoms with Crippen molar-refractivity contribution in [2.24, 2.45) is 23.7 Å². The van der Waals surface area contributed by atoms with Gasteiger partial charge in [-0.05, 0) is 25.5 Å². The standard InChI is InChI=1S/C21H22N2O4/c1-12-9-15-16-10-14(11-22)17(21(26-2,27-3)19(16)24)18(15)23(12)20(25)13-7-5-4-6-8-13/h4-9,14-18H,10H2,1-3H3/t14?,15-,16+,17-,18-/m1/s1. The molecule has 3 aliphatic carbocycles. The summed E-state index contributed by atoms with van der Waals surface area (Å²) < 4.78 is 11.2. The molecule has 2 bridgehead atoms. The molecule has 3 saturated carbocycles. The van der Waals surface area contributed by atoms with E-state index in [0.717, 1.165) is 5.70 Å². The van der Waals surface area contributed by atoms with Gasteiger partial charge in [-0.25, -0.2) is 0 Å². The maximum absolute atomic E-state index is 13.3. The number of benzene rings is 1. The number of amides is 1. The van der Waals surface area contributed by atoms with Crippen LogP contribution in [0.5, 0.6) is 0 Å². The van der Waals surface area contributed by atoms with E-state index in [9.17, 15) is 14.9 Å². The van der Waals surface area contributed by atoms with Crippen molar-refractivity contribution >= 4 is 11.7 Å². The van der Waals surface area contributed by atoms with Crippen LogP contribution in [0, 0.1) is 35.0 Å². The minimum atomic E-state index is -1.49. The Labute approximate surface area is 158 Å². The Bertz CT molecular complexity index is 853. The largest absolute Gasteiger partial charge is 0.347 e. The predicted molar refractivity (Wildman–Crippen MR) is 96.1 cm³/mol. The molecule has 0 N–H and O–H groups in total. The summed E-state index contributed by atoms with van der Waals surface area (Å²) in [6, 6.07) is 11.1. The van der Waals surface area contributed by atoms with Crippen molar-refractivity contribution in [3.63, 3.8) is 0 Å². The first-order valence-corrected chi connectivity index (χ1v) is 9.11. The predicted octanol–water partition coefficient (Wildman–Crippen LogP) is 2.38. The Kier molecular flexibility index (Phi) is 4.17. The fourth-order valence-corrected chi connectivity index (χ4v) is 5.33. The molecule has 1 heterocycles. The summed E-state index contributed by atoms with van der Waals surface area (Å²) in [6.07, 6.45) is 2.48. The van der Waals surface area contributed by atoms with Crippen molar-refractivity contribution in [2.45, 2.75) is 25.2 Å². The third-order valence-electron chi connectivity index (χ3n) is 6.41. The van der Waals surface area contributed by atoms with E-state index in [-0.39, 0.29) is 23.7 Å². The van der Waals surface area contributed by atoms with E-state index in [0.29, 0.717) is 12.0 Å². The molecule has 6 nitrogen and oxygen atoms in total. The highest BCUT2D eigenvalue weighted by Gasteiger charge is 2.69. The normalized spacial score (nSPS) is 33.4. The average Bonchev–Trinajstić information content (AvgIpc) is 3.06. The van der Waals surface area contributed by atoms with Crippen LogP contribution in [0.15, 0.2) is 42.1 Å². The second kappa shape index (κ2) is 6.29. The van der Waals surface area contributed by atoms with E-state index >= 15 is 0 Å². The molecule has 5 rings (SSSR count). The number of ether oxygens (including phenoxy) is 2. The minimum absolute atomic E-state index is 0.113. The van der Waals surface area contributed by atoms with Gasteiger partial charge in [-0.2, -0.15) is 5.26 Å². The van der Waals surface area contributed by atoms with Crippen LogP contribution in [0.4, 0.5) is 0 Å². The number of allylic oxidation sites excluding steroid dienone is 1. The van der Waals surface area contributed by atoms with Gasteiger partial charge in [0.05, 0.1) is 23.9 Å². The molecule has 140 valence electrons. The monoisotopic (exact) mass is 366 g/mol. The molecular formula is C21H22N2O4. The van der Waals surface area contributed by atoms with Gasteiger partial charge in [0.2, 0.25) is 5.79 Å². The molecule has 1 unspecified atom stereocenters. The van der Waals surface area contributed by atoms with Crippen molar-refractivity contribution in [2.75, 3.05) is 14.2 Å². The second-order valence-electron chi connectivity index (χ2n) is 7.46. The molecule has 0 saturated heterocycles. The summed E-state index contributed by atoms with van der Waals surface area (Å²) in [7, 11) is 2.87. The maximum atomic E-state index is 13.3. The van der Waals surface area contributed by atoms with Crippen LogP contribution in [0.3, 0.4) is 0 Å². The van der Waals surface area contributed by atoms with Crippen molar-refractivity contribution < 1.29 is 19.1 Å². The van der Waals surface area contributed by atoms with Gasteiger partial charge in [-0.1, -0.05) is 24.3 Å². The van der Waals surface area contributed by atoms with Gasteiger partial charge >= 0.3 is 0 Å². The van der Waals surface area contributed by atoms with Crippen molar-refractivity contribution in [3.05, 3.63) is 47.7 Å². The molecule has 4 aliphatic rings. The number of nitriles is 1. The number of hydrogen-bond donors (Lipinski definition) is 0. The molecule has 0 aromatic heterocycles. The first-order valence-electron chi connectivity index (χ1n) is 9.11. The Morgan fingerprint density at radius 2 is 1.93 bits per heavy atom. The molecule has 6 heteroatoms. The van der Waals surface area contributed by atoms with Crippen molar-refractivity contribution in [3.8, 4) is 6.07 Å². The van der Waals surface area contributed by atoms with E-state index in [1.54, 1.807) is 17.0 Å². The number of Topliss-reactive ketones (excluding diaryl/α,β-unsaturated/α-hetero) is 1. The number of rotatable bonds is 3. The number of carbonyl (C=O) groups is 2. The lowest BCUT2D eigenvalue weighted by Crippen LogP contribution is -2.70. The molecule has 5 atom stereocenters. The van der Waals surface area contributed by atoms with Crippen molar-refractivity contribution in [1.82, 2.24) is 4.90 Å². The van der Waals surface area contributed by atoms with Crippen molar-refractivity contribution in [1.29, 1.82) is 5.26 Å². The highest BCUT2D eigenvalue weighted by Crippen LogP contribution is 2.57. The smallest absolute Gasteiger partial charge is 0.258 e. The molecule has 3 fully saturated rings. The average molecular weight is 366 g/mol. The van der Waals surface area contributed by atoms with Crippen LogP contribution in [0.2, 0.25) is 0 Å². The van der Waals surface area contributed by atoms with E-state index < -0.39 is 23.5 Å². The van der Waals surface area contributed by atoms with Crippen LogP contribution in [0.1, 0.15) is 23.7 Å². The van der Waals surface area contributed by atoms with Crippen LogP contribution >= 0.6 is 0 Å². The molecule has 27 heavy (non-hydrogen) atoms. The molecule has 1 amide bonds. The fourth-order valence-electron chi connectivity index (χ4n) is 5.33. The Hall–Kier alpha value is -2.49. The first kappa shape index (κ1) is 17.9. The number of ketones is 1. The van der Waals surface area contributed by atoms with Gasteiger partial charge in [0.25, 0.3) is 5.91 Å². The number of hydrogen-bond acceptors (Lipinski definition) is 5. The second-order valence-corrected chi connectivity index (χ2v) is 7.46. The summed E-state index contributed by atoms with van der Waals surface area (Å²) in [6.45, 7) is 1.88. The van der Waals surface area contributed by atoms with Crippen LogP contribution in [-0.2, 0) is 14.3 Å². The zero-order chi connectivity index (χ0) is 19.3. The molecule has 0 spiro atoms. The zero-order valence-electron chi connectivity index (χ0n) is 15.6. The minimum Gasteiger partial charge on any atom is -0.347 e. The molecule has 1 aromatic carbocycles. The van der Waals surface area contributed by atoms with Gasteiger partial charge < -0.3 is 14.4 Å². The summed E-state index contributed by atoms with van der Waals surface area (Å²) >= 11 is 0. The van der Waals surface area contributed by atoms with Gasteiger partial charge in [0, 0.05) is 37.3 Å². The lowest BCUT2D eigenvalue weighted by atomic mass is 9.54. The molecule has 0 radical (unpaired) electrons. The molecular weight excluding hydrogens is 344 g/mol. The van der Waals surface area contributed by atoms with Gasteiger partial charge in [0.1, 0.15) is 0 Å². The van der Waals surface area contributed by atoms with E-state index in [1.165, 1.54) is 14.2 Å². The lowest BCUT2D eigenvalue weighted by molar-refractivity contribution is -0.271. The zero-order valence-corrected chi connectivity index (χ0v) is 15.6. The summed E-state index contributed by atoms with van der Waals surface area (Å²) in [5.74, 6) is -3.21. The first-order chi connectivity index (χ1) is 13.0. The highest BCUT2D eigenvalue weighted by molar-refractivity contribution is 5.97. The topological polar surface area (TPSA) is 79.6 Å². The van der Waals surface area contributed by atoms with E-state index in [2.05, 4.69) is 6.07 Å². The number of nitrogens with zero attached hydrogens (tertiary/aromatic N) is 2. The number of methoxy groups -OCH3 is 2. The maximum Gasteiger partial charge on any atom is 0.258 e. The Balaban J connectivity index is 1.82. The van der Waals surface area contributed by atoms with Crippen LogP contribution in [0.25, 0.3) is 0 Å². The quantitative estimate of drug-likeness (QED) is 0.768. The van der Waals surface area contributed by atoms with E-state index in [4.69, 9.17) is 9.47 Å². The number of fused-ring (bicyclic) bond motifs is 2. The number of carbonyl (C=O) groups excluding carboxylic acids is 2. The van der Waals surface area contributed by atoms with Gasteiger partial charge in [-0.15, -0.1) is 0 Å². The summed E-state index contributed by atoms with van der Waals surface area (Å²) in [5, 5.41) is 9.76. The molecule has 1 aliphatic heterocycles. The molecule has 1 aromatic rings. The summed E-state index contributed by atoms with van der Waals surface area (Å²) in [5.41, 5.74) is 1.39. The SMILES string of the molecule is COC1(OC)C(=O)[C@H]2CC(C#N)[C@@H]1[C@H]1[C@@H]2C=C(C)N1C(=O)c1ccccc1. The Morgan fingerprint density at radius 1 is 1.26 bits per heavy atom. The van der Waals surface area contributed by atoms with E-state index in [1.807, 2.05) is 31.2 Å². The van der Waals surface area contributed by atoms with Crippen LogP contribution in [-0.4, -0.2) is 42.6 Å². The van der Waals surface area contributed by atoms with Crippen LogP contribution < -0.4 is 0 Å². The van der Waals surface area contributed by atoms with Gasteiger partial charge in [-0.3, -0.25) is 9.59 Å². The third-order valence-corrected chi connectivity index (χ3v) is 6.41. The van der Waals surface area contributed by atoms with Gasteiger partial charge in [0.15, 0.2) is 5.78 Å².